The van der Waals surface area contributed by atoms with Gasteiger partial charge in [0.2, 0.25) is 0 Å². The largest absolute Gasteiger partial charge is 0.351 e. The third kappa shape index (κ3) is 3.91. The molecule has 0 bridgehead atoms. The number of carbonyl (C=O) groups excluding carboxylic acids is 2. The van der Waals surface area contributed by atoms with Crippen molar-refractivity contribution in [2.45, 2.75) is 6.42 Å². The van der Waals surface area contributed by atoms with Gasteiger partial charge in [0.05, 0.1) is 16.7 Å². The van der Waals surface area contributed by atoms with Crippen molar-refractivity contribution in [3.05, 3.63) is 76.5 Å². The van der Waals surface area contributed by atoms with Crippen LogP contribution in [0, 0.1) is 0 Å². The summed E-state index contributed by atoms with van der Waals surface area (Å²) >= 11 is 1.28. The summed E-state index contributed by atoms with van der Waals surface area (Å²) in [7, 11) is 0. The lowest BCUT2D eigenvalue weighted by molar-refractivity contribution is 0.0959. The van der Waals surface area contributed by atoms with Gasteiger partial charge in [0.25, 0.3) is 11.8 Å². The first-order valence-electron chi connectivity index (χ1n) is 8.71. The summed E-state index contributed by atoms with van der Waals surface area (Å²) in [5.41, 5.74) is 2.86. The number of nitrogens with zero attached hydrogens (tertiary/aromatic N) is 2. The first kappa shape index (κ1) is 17.9. The lowest BCUT2D eigenvalue weighted by atomic mass is 10.2. The molecule has 1 aromatic carbocycles. The maximum absolute atomic E-state index is 12.5. The zero-order valence-electron chi connectivity index (χ0n) is 14.8. The molecule has 0 saturated heterocycles. The van der Waals surface area contributed by atoms with Crippen LogP contribution in [-0.2, 0) is 6.42 Å². The Balaban J connectivity index is 1.36. The number of amides is 2. The molecule has 0 aliphatic rings. The van der Waals surface area contributed by atoms with Crippen molar-refractivity contribution in [2.75, 3.05) is 11.9 Å². The van der Waals surface area contributed by atoms with Crippen molar-refractivity contribution in [3.8, 4) is 0 Å². The van der Waals surface area contributed by atoms with Gasteiger partial charge in [-0.3, -0.25) is 14.6 Å². The molecule has 3 heterocycles. The number of hydrogen-bond acceptors (Lipinski definition) is 5. The number of nitrogens with one attached hydrogen (secondary N) is 3. The molecule has 0 fully saturated rings. The number of thiophene rings is 1. The number of anilines is 1. The molecule has 0 radical (unpaired) electrons. The van der Waals surface area contributed by atoms with Crippen molar-refractivity contribution in [3.63, 3.8) is 0 Å². The summed E-state index contributed by atoms with van der Waals surface area (Å²) in [4.78, 5) is 36.9. The van der Waals surface area contributed by atoms with Crippen LogP contribution in [0.4, 0.5) is 5.69 Å². The highest BCUT2D eigenvalue weighted by Crippen LogP contribution is 2.23. The Kier molecular flexibility index (Phi) is 5.11. The predicted molar refractivity (Wildman–Crippen MR) is 109 cm³/mol. The van der Waals surface area contributed by atoms with Gasteiger partial charge in [0.1, 0.15) is 10.7 Å². The Morgan fingerprint density at radius 2 is 1.86 bits per heavy atom. The number of para-hydroxylation sites is 2. The predicted octanol–water partition coefficient (Wildman–Crippen LogP) is 3.24. The number of aromatic nitrogens is 3. The SMILES string of the molecule is O=C(Nc1ccsc1C(=O)NCCc1nc2ccccc2[nH]1)c1ccncc1. The molecular formula is C20H17N5O2S. The maximum Gasteiger partial charge on any atom is 0.263 e. The van der Waals surface area contributed by atoms with Crippen LogP contribution in [0.1, 0.15) is 25.9 Å². The highest BCUT2D eigenvalue weighted by molar-refractivity contribution is 7.12. The Morgan fingerprint density at radius 3 is 2.68 bits per heavy atom. The van der Waals surface area contributed by atoms with Crippen molar-refractivity contribution in [2.24, 2.45) is 0 Å². The number of H-pyrrole nitrogens is 1. The molecule has 140 valence electrons. The van der Waals surface area contributed by atoms with Crippen molar-refractivity contribution in [1.29, 1.82) is 0 Å². The Morgan fingerprint density at radius 1 is 1.04 bits per heavy atom. The summed E-state index contributed by atoms with van der Waals surface area (Å²) in [5.74, 6) is 0.312. The molecule has 28 heavy (non-hydrogen) atoms. The van der Waals surface area contributed by atoms with Crippen LogP contribution in [0.3, 0.4) is 0 Å². The van der Waals surface area contributed by atoms with E-state index in [0.717, 1.165) is 16.9 Å². The zero-order valence-corrected chi connectivity index (χ0v) is 15.6. The van der Waals surface area contributed by atoms with Crippen LogP contribution in [0.5, 0.6) is 0 Å². The summed E-state index contributed by atoms with van der Waals surface area (Å²) in [6, 6.07) is 12.8. The lowest BCUT2D eigenvalue weighted by Gasteiger charge is -2.07. The van der Waals surface area contributed by atoms with Gasteiger partial charge < -0.3 is 15.6 Å². The second kappa shape index (κ2) is 8.01. The van der Waals surface area contributed by atoms with Crippen molar-refractivity contribution >= 4 is 39.9 Å². The van der Waals surface area contributed by atoms with Gasteiger partial charge in [-0.25, -0.2) is 4.98 Å². The molecular weight excluding hydrogens is 374 g/mol. The van der Waals surface area contributed by atoms with E-state index in [-0.39, 0.29) is 11.8 Å². The monoisotopic (exact) mass is 391 g/mol. The third-order valence-electron chi connectivity index (χ3n) is 4.15. The molecule has 0 saturated carbocycles. The van der Waals surface area contributed by atoms with Gasteiger partial charge in [0.15, 0.2) is 0 Å². The normalized spacial score (nSPS) is 10.7. The standard InChI is InChI=1S/C20H17N5O2S/c26-19(13-5-9-21-10-6-13)25-16-8-12-28-18(16)20(27)22-11-7-17-23-14-3-1-2-4-15(14)24-17/h1-6,8-10,12H,7,11H2,(H,22,27)(H,23,24)(H,25,26). The maximum atomic E-state index is 12.5. The number of carbonyl (C=O) groups is 2. The highest BCUT2D eigenvalue weighted by atomic mass is 32.1. The van der Waals surface area contributed by atoms with Crippen LogP contribution in [0.25, 0.3) is 11.0 Å². The molecule has 0 aliphatic carbocycles. The first-order valence-corrected chi connectivity index (χ1v) is 9.59. The van der Waals surface area contributed by atoms with E-state index in [1.807, 2.05) is 24.3 Å². The summed E-state index contributed by atoms with van der Waals surface area (Å²) in [5, 5.41) is 7.43. The Labute approximate surface area is 164 Å². The van der Waals surface area contributed by atoms with Crippen LogP contribution in [0.2, 0.25) is 0 Å². The number of hydrogen-bond donors (Lipinski definition) is 3. The zero-order chi connectivity index (χ0) is 19.3. The molecule has 0 spiro atoms. The first-order chi connectivity index (χ1) is 13.7. The Hall–Kier alpha value is -3.52. The molecule has 4 aromatic rings. The fourth-order valence-electron chi connectivity index (χ4n) is 2.78. The number of fused-ring (bicyclic) bond motifs is 1. The van der Waals surface area contributed by atoms with Crippen LogP contribution < -0.4 is 10.6 Å². The lowest BCUT2D eigenvalue weighted by Crippen LogP contribution is -2.26. The highest BCUT2D eigenvalue weighted by Gasteiger charge is 2.16. The molecule has 4 rings (SSSR count). The molecule has 0 aliphatic heterocycles. The molecule has 7 nitrogen and oxygen atoms in total. The minimum atomic E-state index is -0.280. The van der Waals surface area contributed by atoms with Gasteiger partial charge >= 0.3 is 0 Å². The number of aromatic amines is 1. The molecule has 2 amide bonds. The average Bonchev–Trinajstić information content (AvgIpc) is 3.35. The van der Waals surface area contributed by atoms with Gasteiger partial charge in [-0.1, -0.05) is 12.1 Å². The number of rotatable bonds is 6. The van der Waals surface area contributed by atoms with Crippen molar-refractivity contribution < 1.29 is 9.59 Å². The molecule has 8 heteroatoms. The van der Waals surface area contributed by atoms with E-state index in [4.69, 9.17) is 0 Å². The number of imidazole rings is 1. The smallest absolute Gasteiger partial charge is 0.263 e. The summed E-state index contributed by atoms with van der Waals surface area (Å²) in [6.07, 6.45) is 3.69. The van der Waals surface area contributed by atoms with E-state index in [9.17, 15) is 9.59 Å². The molecule has 0 atom stereocenters. The van der Waals surface area contributed by atoms with Crippen LogP contribution in [0.15, 0.2) is 60.2 Å². The van der Waals surface area contributed by atoms with Gasteiger partial charge in [0, 0.05) is 30.9 Å². The third-order valence-corrected chi connectivity index (χ3v) is 5.06. The van der Waals surface area contributed by atoms with E-state index < -0.39 is 0 Å². The van der Waals surface area contributed by atoms with E-state index in [1.54, 1.807) is 36.0 Å². The molecule has 3 aromatic heterocycles. The topological polar surface area (TPSA) is 99.8 Å². The average molecular weight is 391 g/mol. The van der Waals surface area contributed by atoms with Gasteiger partial charge in [-0.2, -0.15) is 0 Å². The van der Waals surface area contributed by atoms with Crippen molar-refractivity contribution in [1.82, 2.24) is 20.3 Å². The summed E-state index contributed by atoms with van der Waals surface area (Å²) in [6.45, 7) is 0.439. The number of benzene rings is 1. The second-order valence-corrected chi connectivity index (χ2v) is 6.98. The fraction of sp³-hybridized carbons (Fsp3) is 0.100. The van der Waals surface area contributed by atoms with Gasteiger partial charge in [-0.15, -0.1) is 11.3 Å². The molecule has 3 N–H and O–H groups in total. The molecule has 0 unspecified atom stereocenters. The van der Waals surface area contributed by atoms with E-state index >= 15 is 0 Å². The van der Waals surface area contributed by atoms with Gasteiger partial charge in [-0.05, 0) is 35.7 Å². The fourth-order valence-corrected chi connectivity index (χ4v) is 3.55. The summed E-state index contributed by atoms with van der Waals surface area (Å²) < 4.78 is 0. The van der Waals surface area contributed by atoms with Crippen LogP contribution >= 0.6 is 11.3 Å². The number of pyridine rings is 1. The van der Waals surface area contributed by atoms with E-state index in [1.165, 1.54) is 11.3 Å². The minimum absolute atomic E-state index is 0.226. The second-order valence-electron chi connectivity index (χ2n) is 6.06. The Bertz CT molecular complexity index is 1090. The quantitative estimate of drug-likeness (QED) is 0.470. The van der Waals surface area contributed by atoms with Crippen LogP contribution in [-0.4, -0.2) is 33.3 Å². The van der Waals surface area contributed by atoms with E-state index in [2.05, 4.69) is 25.6 Å². The van der Waals surface area contributed by atoms with E-state index in [0.29, 0.717) is 29.1 Å². The minimum Gasteiger partial charge on any atom is -0.351 e.